The van der Waals surface area contributed by atoms with Gasteiger partial charge in [0.15, 0.2) is 0 Å². The average Bonchev–Trinajstić information content (AvgIpc) is 2.80. The van der Waals surface area contributed by atoms with Gasteiger partial charge in [0.25, 0.3) is 0 Å². The summed E-state index contributed by atoms with van der Waals surface area (Å²) in [4.78, 5) is 23.6. The summed E-state index contributed by atoms with van der Waals surface area (Å²) in [6, 6.07) is 12.7. The lowest BCUT2D eigenvalue weighted by Crippen LogP contribution is -2.04. The van der Waals surface area contributed by atoms with Crippen molar-refractivity contribution < 1.29 is 39.5 Å². The zero-order valence-electron chi connectivity index (χ0n) is 17.7. The van der Waals surface area contributed by atoms with Crippen molar-refractivity contribution in [3.05, 3.63) is 70.8 Å². The van der Waals surface area contributed by atoms with Crippen LogP contribution in [0.2, 0.25) is 0 Å². The number of fused-ring (bicyclic) bond motifs is 2. The minimum Gasteiger partial charge on any atom is -0.507 e. The van der Waals surface area contributed by atoms with E-state index in [-0.39, 0.29) is 28.7 Å². The molecule has 0 spiro atoms. The minimum absolute atomic E-state index is 0.119. The van der Waals surface area contributed by atoms with E-state index in [0.29, 0.717) is 33.0 Å². The van der Waals surface area contributed by atoms with Gasteiger partial charge in [-0.2, -0.15) is 0 Å². The number of ether oxygens (including phenoxy) is 2. The molecule has 4 aromatic rings. The summed E-state index contributed by atoms with van der Waals surface area (Å²) in [5.74, 6) is -2.55. The minimum atomic E-state index is -1.32. The topological polar surface area (TPSA) is 134 Å². The molecule has 0 atom stereocenters. The number of rotatable bonds is 6. The number of carboxylic acid groups (broad SMARTS) is 2. The SMILES string of the molecule is COc1ccc2c(Cc3c(O)c(C(=O)O)cc4cc(OC)ccc34)c(O)c(C(=O)O)cc2c1. The summed E-state index contributed by atoms with van der Waals surface area (Å²) in [6.45, 7) is 0. The maximum atomic E-state index is 11.8. The molecule has 0 radical (unpaired) electrons. The molecule has 8 nitrogen and oxygen atoms in total. The molecule has 0 saturated heterocycles. The molecule has 0 heterocycles. The highest BCUT2D eigenvalue weighted by molar-refractivity contribution is 6.02. The van der Waals surface area contributed by atoms with Gasteiger partial charge < -0.3 is 29.9 Å². The Morgan fingerprint density at radius 2 is 1.09 bits per heavy atom. The number of benzene rings is 4. The zero-order valence-corrected chi connectivity index (χ0v) is 17.7. The maximum Gasteiger partial charge on any atom is 0.339 e. The lowest BCUT2D eigenvalue weighted by molar-refractivity contribution is 0.0682. The predicted octanol–water partition coefficient (Wildman–Crippen LogP) is 4.41. The fourth-order valence-corrected chi connectivity index (χ4v) is 4.01. The van der Waals surface area contributed by atoms with E-state index in [4.69, 9.17) is 9.47 Å². The average molecular weight is 448 g/mol. The van der Waals surface area contributed by atoms with E-state index in [1.54, 1.807) is 36.4 Å². The summed E-state index contributed by atoms with van der Waals surface area (Å²) in [5.41, 5.74) is -0.152. The Labute approximate surface area is 187 Å². The Morgan fingerprint density at radius 1 is 0.697 bits per heavy atom. The van der Waals surface area contributed by atoms with Crippen LogP contribution in [0, 0.1) is 0 Å². The second-order valence-corrected chi connectivity index (χ2v) is 7.46. The fourth-order valence-electron chi connectivity index (χ4n) is 4.01. The molecule has 4 aromatic carbocycles. The lowest BCUT2D eigenvalue weighted by atomic mass is 9.90. The molecule has 4 rings (SSSR count). The van der Waals surface area contributed by atoms with Gasteiger partial charge in [-0.3, -0.25) is 0 Å². The van der Waals surface area contributed by atoms with Crippen LogP contribution >= 0.6 is 0 Å². The van der Waals surface area contributed by atoms with Crippen LogP contribution in [-0.2, 0) is 6.42 Å². The van der Waals surface area contributed by atoms with Crippen molar-refractivity contribution in [2.24, 2.45) is 0 Å². The highest BCUT2D eigenvalue weighted by Crippen LogP contribution is 2.40. The normalized spacial score (nSPS) is 11.0. The summed E-state index contributed by atoms with van der Waals surface area (Å²) in [6.07, 6.45) is -0.119. The Hall–Kier alpha value is -4.46. The van der Waals surface area contributed by atoms with Crippen molar-refractivity contribution in [3.63, 3.8) is 0 Å². The van der Waals surface area contributed by atoms with E-state index in [1.165, 1.54) is 26.4 Å². The number of hydrogen-bond donors (Lipinski definition) is 4. The van der Waals surface area contributed by atoms with E-state index in [0.717, 1.165) is 0 Å². The molecule has 0 aliphatic carbocycles. The van der Waals surface area contributed by atoms with Gasteiger partial charge in [-0.1, -0.05) is 12.1 Å². The number of aromatic carboxylic acids is 2. The van der Waals surface area contributed by atoms with Gasteiger partial charge in [0.05, 0.1) is 14.2 Å². The number of hydrogen-bond acceptors (Lipinski definition) is 6. The first-order chi connectivity index (χ1) is 15.7. The Kier molecular flexibility index (Phi) is 5.43. The first kappa shape index (κ1) is 21.8. The van der Waals surface area contributed by atoms with Crippen LogP contribution in [0.15, 0.2) is 48.5 Å². The zero-order chi connectivity index (χ0) is 23.9. The molecular formula is C25H20O8. The second-order valence-electron chi connectivity index (χ2n) is 7.46. The van der Waals surface area contributed by atoms with Gasteiger partial charge in [0.1, 0.15) is 34.1 Å². The van der Waals surface area contributed by atoms with Crippen LogP contribution in [0.3, 0.4) is 0 Å². The third kappa shape index (κ3) is 3.71. The first-order valence-corrected chi connectivity index (χ1v) is 9.87. The van der Waals surface area contributed by atoms with Crippen LogP contribution < -0.4 is 9.47 Å². The molecule has 168 valence electrons. The van der Waals surface area contributed by atoms with Crippen LogP contribution in [0.1, 0.15) is 31.8 Å². The van der Waals surface area contributed by atoms with Gasteiger partial charge in [-0.05, 0) is 57.9 Å². The second kappa shape index (κ2) is 8.23. The van der Waals surface area contributed by atoms with Crippen molar-refractivity contribution in [3.8, 4) is 23.0 Å². The molecular weight excluding hydrogens is 428 g/mol. The first-order valence-electron chi connectivity index (χ1n) is 9.87. The molecule has 33 heavy (non-hydrogen) atoms. The molecule has 0 saturated carbocycles. The van der Waals surface area contributed by atoms with E-state index >= 15 is 0 Å². The van der Waals surface area contributed by atoms with Crippen LogP contribution in [-0.4, -0.2) is 46.6 Å². The third-order valence-electron chi connectivity index (χ3n) is 5.66. The maximum absolute atomic E-state index is 11.8. The molecule has 0 aliphatic heterocycles. The molecule has 8 heteroatoms. The Bertz CT molecular complexity index is 1330. The van der Waals surface area contributed by atoms with Gasteiger partial charge in [-0.15, -0.1) is 0 Å². The molecule has 0 unspecified atom stereocenters. The highest BCUT2D eigenvalue weighted by atomic mass is 16.5. The molecule has 0 amide bonds. The van der Waals surface area contributed by atoms with Gasteiger partial charge in [0, 0.05) is 17.5 Å². The Balaban J connectivity index is 2.04. The lowest BCUT2D eigenvalue weighted by Gasteiger charge is -2.17. The number of carbonyl (C=O) groups is 2. The van der Waals surface area contributed by atoms with Crippen LogP contribution in [0.4, 0.5) is 0 Å². The van der Waals surface area contributed by atoms with Crippen molar-refractivity contribution >= 4 is 33.5 Å². The molecule has 0 fully saturated rings. The highest BCUT2D eigenvalue weighted by Gasteiger charge is 2.23. The van der Waals surface area contributed by atoms with Crippen molar-refractivity contribution in [2.45, 2.75) is 6.42 Å². The van der Waals surface area contributed by atoms with E-state index in [1.807, 2.05) is 0 Å². The van der Waals surface area contributed by atoms with Gasteiger partial charge in [-0.25, -0.2) is 9.59 Å². The van der Waals surface area contributed by atoms with Crippen molar-refractivity contribution in [1.82, 2.24) is 0 Å². The Morgan fingerprint density at radius 3 is 1.42 bits per heavy atom. The number of methoxy groups -OCH3 is 2. The summed E-state index contributed by atoms with van der Waals surface area (Å²) in [7, 11) is 2.97. The quantitative estimate of drug-likeness (QED) is 0.341. The van der Waals surface area contributed by atoms with E-state index in [2.05, 4.69) is 0 Å². The van der Waals surface area contributed by atoms with E-state index < -0.39 is 23.4 Å². The number of aromatic hydroxyl groups is 2. The fraction of sp³-hybridized carbons (Fsp3) is 0.120. The summed E-state index contributed by atoms with van der Waals surface area (Å²) in [5, 5.41) is 43.0. The largest absolute Gasteiger partial charge is 0.507 e. The molecule has 0 aromatic heterocycles. The number of carboxylic acids is 2. The van der Waals surface area contributed by atoms with Gasteiger partial charge in [0.2, 0.25) is 0 Å². The third-order valence-corrected chi connectivity index (χ3v) is 5.66. The van der Waals surface area contributed by atoms with Crippen molar-refractivity contribution in [1.29, 1.82) is 0 Å². The molecule has 0 aliphatic rings. The smallest absolute Gasteiger partial charge is 0.339 e. The monoisotopic (exact) mass is 448 g/mol. The van der Waals surface area contributed by atoms with Crippen LogP contribution in [0.25, 0.3) is 21.5 Å². The van der Waals surface area contributed by atoms with Crippen molar-refractivity contribution in [2.75, 3.05) is 14.2 Å². The van der Waals surface area contributed by atoms with E-state index in [9.17, 15) is 30.0 Å². The summed E-state index contributed by atoms with van der Waals surface area (Å²) >= 11 is 0. The molecule has 4 N–H and O–H groups in total. The molecule has 0 bridgehead atoms. The number of phenols is 2. The van der Waals surface area contributed by atoms with Gasteiger partial charge >= 0.3 is 11.9 Å². The summed E-state index contributed by atoms with van der Waals surface area (Å²) < 4.78 is 10.4. The van der Waals surface area contributed by atoms with Crippen LogP contribution in [0.5, 0.6) is 23.0 Å². The predicted molar refractivity (Wildman–Crippen MR) is 121 cm³/mol. The standard InChI is InChI=1S/C25H20O8/c1-32-14-3-5-16-12(7-14)9-20(24(28)29)22(26)18(16)11-19-17-6-4-15(33-2)8-13(17)10-21(23(19)27)25(30)31/h3-10,26-27H,11H2,1-2H3,(H,28,29)(H,30,31).